The molecule has 1 aliphatic carbocycles. The highest BCUT2D eigenvalue weighted by molar-refractivity contribution is 7.98. The fraction of sp³-hybridized carbons (Fsp3) is 0.294. The number of thioether (sulfide) groups is 1. The highest BCUT2D eigenvalue weighted by Crippen LogP contribution is 2.39. The molecule has 5 rings (SSSR count). The first kappa shape index (κ1) is 16.2. The van der Waals surface area contributed by atoms with Crippen molar-refractivity contribution in [2.24, 2.45) is 0 Å². The van der Waals surface area contributed by atoms with Crippen molar-refractivity contribution in [3.8, 4) is 10.8 Å². The van der Waals surface area contributed by atoms with E-state index < -0.39 is 0 Å². The van der Waals surface area contributed by atoms with Crippen molar-refractivity contribution < 1.29 is 4.42 Å². The van der Waals surface area contributed by atoms with Crippen molar-refractivity contribution in [1.29, 1.82) is 0 Å². The van der Waals surface area contributed by atoms with Crippen molar-refractivity contribution in [3.05, 3.63) is 51.6 Å². The Kier molecular flexibility index (Phi) is 4.35. The lowest BCUT2D eigenvalue weighted by atomic mass is 10.3. The molecular formula is C17H15N5OS3. The van der Waals surface area contributed by atoms with Gasteiger partial charge in [0.25, 0.3) is 5.89 Å². The summed E-state index contributed by atoms with van der Waals surface area (Å²) in [6.07, 6.45) is 3.24. The zero-order chi connectivity index (χ0) is 17.3. The second-order valence-electron chi connectivity index (χ2n) is 6.02. The van der Waals surface area contributed by atoms with Gasteiger partial charge < -0.3 is 8.98 Å². The molecule has 4 aromatic heterocycles. The average Bonchev–Trinajstić information content (AvgIpc) is 3.17. The van der Waals surface area contributed by atoms with Crippen LogP contribution in [0.1, 0.15) is 35.5 Å². The van der Waals surface area contributed by atoms with Crippen molar-refractivity contribution in [2.75, 3.05) is 0 Å². The van der Waals surface area contributed by atoms with Gasteiger partial charge in [-0.05, 0) is 35.7 Å². The van der Waals surface area contributed by atoms with Gasteiger partial charge in [0, 0.05) is 17.3 Å². The Morgan fingerprint density at radius 1 is 1.08 bits per heavy atom. The predicted octanol–water partition coefficient (Wildman–Crippen LogP) is 4.67. The van der Waals surface area contributed by atoms with Gasteiger partial charge >= 0.3 is 0 Å². The molecule has 0 amide bonds. The molecule has 0 saturated heterocycles. The molecule has 1 saturated carbocycles. The topological polar surface area (TPSA) is 69.6 Å². The SMILES string of the molecule is c1csc(Cc2nnc(SCc3nnc(-c4cccs4)o3)n2C2CC2)c1. The van der Waals surface area contributed by atoms with Gasteiger partial charge in [-0.1, -0.05) is 23.9 Å². The second kappa shape index (κ2) is 6.98. The summed E-state index contributed by atoms with van der Waals surface area (Å²) in [7, 11) is 0. The lowest BCUT2D eigenvalue weighted by Crippen LogP contribution is -2.03. The molecule has 0 radical (unpaired) electrons. The van der Waals surface area contributed by atoms with Crippen LogP contribution in [0.15, 0.2) is 44.6 Å². The summed E-state index contributed by atoms with van der Waals surface area (Å²) in [5.74, 6) is 2.84. The minimum absolute atomic E-state index is 0.534. The summed E-state index contributed by atoms with van der Waals surface area (Å²) in [6, 6.07) is 8.72. The molecule has 0 atom stereocenters. The Morgan fingerprint density at radius 3 is 2.73 bits per heavy atom. The monoisotopic (exact) mass is 401 g/mol. The first-order valence-electron chi connectivity index (χ1n) is 8.32. The number of rotatable bonds is 7. The van der Waals surface area contributed by atoms with Gasteiger partial charge in [0.15, 0.2) is 5.16 Å². The second-order valence-corrected chi connectivity index (χ2v) is 8.95. The third-order valence-corrected chi connectivity index (χ3v) is 6.75. The van der Waals surface area contributed by atoms with Crippen LogP contribution in [0, 0.1) is 0 Å². The van der Waals surface area contributed by atoms with E-state index in [0.717, 1.165) is 22.3 Å². The Labute approximate surface area is 162 Å². The summed E-state index contributed by atoms with van der Waals surface area (Å²) in [4.78, 5) is 2.31. The van der Waals surface area contributed by atoms with Crippen molar-refractivity contribution in [3.63, 3.8) is 0 Å². The lowest BCUT2D eigenvalue weighted by Gasteiger charge is -2.07. The van der Waals surface area contributed by atoms with E-state index in [2.05, 4.69) is 42.5 Å². The van der Waals surface area contributed by atoms with Crippen molar-refractivity contribution >= 4 is 34.4 Å². The van der Waals surface area contributed by atoms with Gasteiger partial charge in [-0.25, -0.2) is 0 Å². The quantitative estimate of drug-likeness (QED) is 0.419. The molecule has 4 aromatic rings. The largest absolute Gasteiger partial charge is 0.419 e. The Balaban J connectivity index is 1.32. The van der Waals surface area contributed by atoms with Gasteiger partial charge in [0.05, 0.1) is 10.6 Å². The summed E-state index contributed by atoms with van der Waals surface area (Å²) in [6.45, 7) is 0. The van der Waals surface area contributed by atoms with Gasteiger partial charge in [0.2, 0.25) is 5.89 Å². The van der Waals surface area contributed by atoms with Gasteiger partial charge in [-0.3, -0.25) is 0 Å². The average molecular weight is 402 g/mol. The minimum atomic E-state index is 0.534. The maximum Gasteiger partial charge on any atom is 0.257 e. The summed E-state index contributed by atoms with van der Waals surface area (Å²) >= 11 is 4.97. The van der Waals surface area contributed by atoms with E-state index in [1.165, 1.54) is 17.7 Å². The fourth-order valence-electron chi connectivity index (χ4n) is 2.73. The molecule has 0 bridgehead atoms. The molecule has 0 aromatic carbocycles. The van der Waals surface area contributed by atoms with Crippen LogP contribution in [0.2, 0.25) is 0 Å². The van der Waals surface area contributed by atoms with E-state index in [0.29, 0.717) is 23.6 Å². The van der Waals surface area contributed by atoms with Crippen LogP contribution < -0.4 is 0 Å². The molecule has 0 unspecified atom stereocenters. The van der Waals surface area contributed by atoms with E-state index in [9.17, 15) is 0 Å². The number of hydrogen-bond donors (Lipinski definition) is 0. The third kappa shape index (κ3) is 3.34. The van der Waals surface area contributed by atoms with E-state index in [4.69, 9.17) is 4.42 Å². The number of thiophene rings is 2. The smallest absolute Gasteiger partial charge is 0.257 e. The van der Waals surface area contributed by atoms with Crippen LogP contribution in [0.3, 0.4) is 0 Å². The zero-order valence-electron chi connectivity index (χ0n) is 13.7. The first-order chi connectivity index (χ1) is 12.9. The van der Waals surface area contributed by atoms with Crippen molar-refractivity contribution in [2.45, 2.75) is 36.2 Å². The molecule has 0 N–H and O–H groups in total. The van der Waals surface area contributed by atoms with Crippen LogP contribution >= 0.6 is 34.4 Å². The highest BCUT2D eigenvalue weighted by Gasteiger charge is 2.30. The van der Waals surface area contributed by atoms with Crippen LogP contribution in [-0.4, -0.2) is 25.0 Å². The summed E-state index contributed by atoms with van der Waals surface area (Å²) < 4.78 is 8.06. The van der Waals surface area contributed by atoms with Crippen LogP contribution in [0.5, 0.6) is 0 Å². The summed E-state index contributed by atoms with van der Waals surface area (Å²) in [5, 5.41) is 22.2. The van der Waals surface area contributed by atoms with E-state index in [1.807, 2.05) is 17.5 Å². The molecule has 4 heterocycles. The van der Waals surface area contributed by atoms with E-state index in [-0.39, 0.29) is 0 Å². The maximum absolute atomic E-state index is 5.77. The first-order valence-corrected chi connectivity index (χ1v) is 11.1. The highest BCUT2D eigenvalue weighted by atomic mass is 32.2. The van der Waals surface area contributed by atoms with E-state index in [1.54, 1.807) is 34.4 Å². The number of aromatic nitrogens is 5. The Morgan fingerprint density at radius 2 is 1.96 bits per heavy atom. The standard InChI is InChI=1S/C17H15N5OS3/c1-3-12(24-7-1)9-14-18-21-17(22(14)11-5-6-11)26-10-15-19-20-16(23-15)13-4-2-8-25-13/h1-4,7-8,11H,5-6,9-10H2. The normalized spacial score (nSPS) is 14.2. The summed E-state index contributed by atoms with van der Waals surface area (Å²) in [5.41, 5.74) is 0. The predicted molar refractivity (Wildman–Crippen MR) is 103 cm³/mol. The maximum atomic E-state index is 5.77. The molecule has 0 spiro atoms. The Bertz CT molecular complexity index is 986. The molecule has 1 fully saturated rings. The molecule has 1 aliphatic rings. The molecule has 6 nitrogen and oxygen atoms in total. The van der Waals surface area contributed by atoms with Crippen LogP contribution in [0.4, 0.5) is 0 Å². The van der Waals surface area contributed by atoms with Crippen LogP contribution in [0.25, 0.3) is 10.8 Å². The zero-order valence-corrected chi connectivity index (χ0v) is 16.2. The molecular weight excluding hydrogens is 386 g/mol. The van der Waals surface area contributed by atoms with Crippen molar-refractivity contribution in [1.82, 2.24) is 25.0 Å². The van der Waals surface area contributed by atoms with Crippen LogP contribution in [-0.2, 0) is 12.2 Å². The number of nitrogens with zero attached hydrogens (tertiary/aromatic N) is 5. The lowest BCUT2D eigenvalue weighted by molar-refractivity contribution is 0.529. The molecule has 9 heteroatoms. The van der Waals surface area contributed by atoms with Gasteiger partial charge in [0.1, 0.15) is 5.82 Å². The number of hydrogen-bond acceptors (Lipinski definition) is 8. The minimum Gasteiger partial charge on any atom is -0.419 e. The van der Waals surface area contributed by atoms with Gasteiger partial charge in [-0.2, -0.15) is 0 Å². The molecule has 26 heavy (non-hydrogen) atoms. The molecule has 132 valence electrons. The third-order valence-electron chi connectivity index (χ3n) is 4.08. The fourth-order valence-corrected chi connectivity index (χ4v) is 4.94. The molecule has 0 aliphatic heterocycles. The van der Waals surface area contributed by atoms with E-state index >= 15 is 0 Å². The Hall–Kier alpha value is -1.97. The van der Waals surface area contributed by atoms with Gasteiger partial charge in [-0.15, -0.1) is 43.1 Å².